The average molecular weight is 257 g/mol. The van der Waals surface area contributed by atoms with Crippen LogP contribution in [0.25, 0.3) is 0 Å². The summed E-state index contributed by atoms with van der Waals surface area (Å²) in [6.45, 7) is 1.53. The fraction of sp³-hybridized carbons (Fsp3) is 0.538. The second-order valence-corrected chi connectivity index (χ2v) is 4.57. The first-order chi connectivity index (χ1) is 8.65. The number of nitrogens with two attached hydrogens (primary N) is 1. The van der Waals surface area contributed by atoms with Crippen molar-refractivity contribution in [2.75, 3.05) is 19.8 Å². The molecule has 1 aromatic carbocycles. The summed E-state index contributed by atoms with van der Waals surface area (Å²) in [6, 6.07) is 3.46. The highest BCUT2D eigenvalue weighted by Crippen LogP contribution is 2.24. The van der Waals surface area contributed by atoms with Gasteiger partial charge in [0, 0.05) is 24.8 Å². The highest BCUT2D eigenvalue weighted by atomic mass is 19.1. The lowest BCUT2D eigenvalue weighted by Crippen LogP contribution is -2.47. The number of rotatable bonds is 4. The molecule has 1 aromatic rings. The van der Waals surface area contributed by atoms with E-state index < -0.39 is 17.2 Å². The number of halogens is 2. The van der Waals surface area contributed by atoms with Crippen LogP contribution in [0.15, 0.2) is 18.2 Å². The van der Waals surface area contributed by atoms with Gasteiger partial charge >= 0.3 is 0 Å². The second kappa shape index (κ2) is 5.73. The van der Waals surface area contributed by atoms with Crippen LogP contribution in [-0.2, 0) is 16.1 Å². The van der Waals surface area contributed by atoms with Gasteiger partial charge in [0.1, 0.15) is 17.2 Å². The molecule has 0 amide bonds. The smallest absolute Gasteiger partial charge is 0.131 e. The molecule has 18 heavy (non-hydrogen) atoms. The van der Waals surface area contributed by atoms with Crippen LogP contribution in [0.4, 0.5) is 8.78 Å². The first-order valence-electron chi connectivity index (χ1n) is 6.01. The summed E-state index contributed by atoms with van der Waals surface area (Å²) in [4.78, 5) is 0. The Hall–Kier alpha value is -1.04. The highest BCUT2D eigenvalue weighted by Gasteiger charge is 2.32. The minimum absolute atomic E-state index is 0.0761. The minimum Gasteiger partial charge on any atom is -0.378 e. The predicted molar refractivity (Wildman–Crippen MR) is 63.0 cm³/mol. The molecule has 1 aliphatic rings. The van der Waals surface area contributed by atoms with Gasteiger partial charge in [-0.25, -0.2) is 8.78 Å². The third-order valence-corrected chi connectivity index (χ3v) is 3.21. The van der Waals surface area contributed by atoms with Crippen molar-refractivity contribution in [1.29, 1.82) is 0 Å². The van der Waals surface area contributed by atoms with Gasteiger partial charge < -0.3 is 15.2 Å². The van der Waals surface area contributed by atoms with E-state index >= 15 is 0 Å². The average Bonchev–Trinajstić information content (AvgIpc) is 2.39. The van der Waals surface area contributed by atoms with Gasteiger partial charge in [-0.2, -0.15) is 0 Å². The molecule has 0 aromatic heterocycles. The van der Waals surface area contributed by atoms with E-state index in [1.807, 2.05) is 0 Å². The lowest BCUT2D eigenvalue weighted by Gasteiger charge is -2.35. The van der Waals surface area contributed by atoms with Gasteiger partial charge in [0.25, 0.3) is 0 Å². The van der Waals surface area contributed by atoms with E-state index in [9.17, 15) is 8.78 Å². The van der Waals surface area contributed by atoms with Crippen molar-refractivity contribution in [3.63, 3.8) is 0 Å². The Balaban J connectivity index is 2.01. The molecule has 1 saturated heterocycles. The fourth-order valence-corrected chi connectivity index (χ4v) is 2.03. The summed E-state index contributed by atoms with van der Waals surface area (Å²) in [7, 11) is 0. The zero-order chi connectivity index (χ0) is 13.0. The molecule has 2 N–H and O–H groups in total. The molecule has 3 nitrogen and oxygen atoms in total. The normalized spacial score (nSPS) is 24.2. The summed E-state index contributed by atoms with van der Waals surface area (Å²) in [5.41, 5.74) is 5.49. The molecule has 100 valence electrons. The minimum atomic E-state index is -0.598. The molecule has 0 saturated carbocycles. The molecule has 0 bridgehead atoms. The standard InChI is InChI=1S/C13H17F2NO2/c14-11-3-2-10(12(15)6-11)7-18-13(8-16)4-1-5-17-9-13/h2-3,6H,1,4-5,7-9,16H2. The summed E-state index contributed by atoms with van der Waals surface area (Å²) in [6.07, 6.45) is 1.68. The highest BCUT2D eigenvalue weighted by molar-refractivity contribution is 5.17. The fourth-order valence-electron chi connectivity index (χ4n) is 2.03. The van der Waals surface area contributed by atoms with Gasteiger partial charge in [-0.1, -0.05) is 6.07 Å². The van der Waals surface area contributed by atoms with E-state index in [1.54, 1.807) is 0 Å². The SMILES string of the molecule is NCC1(OCc2ccc(F)cc2F)CCCOC1. The zero-order valence-corrected chi connectivity index (χ0v) is 10.1. The van der Waals surface area contributed by atoms with Crippen molar-refractivity contribution in [3.8, 4) is 0 Å². The Kier molecular flexibility index (Phi) is 4.27. The van der Waals surface area contributed by atoms with Crippen molar-refractivity contribution in [2.45, 2.75) is 25.0 Å². The van der Waals surface area contributed by atoms with Crippen LogP contribution in [-0.4, -0.2) is 25.4 Å². The maximum Gasteiger partial charge on any atom is 0.131 e. The number of hydrogen-bond donors (Lipinski definition) is 1. The van der Waals surface area contributed by atoms with Crippen molar-refractivity contribution in [1.82, 2.24) is 0 Å². The lowest BCUT2D eigenvalue weighted by molar-refractivity contribution is -0.130. The molecule has 1 unspecified atom stereocenters. The maximum atomic E-state index is 13.5. The van der Waals surface area contributed by atoms with Crippen LogP contribution in [0.3, 0.4) is 0 Å². The monoisotopic (exact) mass is 257 g/mol. The number of ether oxygens (including phenoxy) is 2. The van der Waals surface area contributed by atoms with Crippen LogP contribution in [0.1, 0.15) is 18.4 Å². The third-order valence-electron chi connectivity index (χ3n) is 3.21. The molecule has 2 rings (SSSR count). The van der Waals surface area contributed by atoms with Crippen LogP contribution in [0, 0.1) is 11.6 Å². The van der Waals surface area contributed by atoms with Crippen LogP contribution >= 0.6 is 0 Å². The molecule has 0 aliphatic carbocycles. The topological polar surface area (TPSA) is 44.5 Å². The molecule has 5 heteroatoms. The van der Waals surface area contributed by atoms with E-state index in [4.69, 9.17) is 15.2 Å². The van der Waals surface area contributed by atoms with Crippen LogP contribution in [0.5, 0.6) is 0 Å². The zero-order valence-electron chi connectivity index (χ0n) is 10.1. The van der Waals surface area contributed by atoms with Crippen molar-refractivity contribution < 1.29 is 18.3 Å². The van der Waals surface area contributed by atoms with Crippen LogP contribution in [0.2, 0.25) is 0 Å². The predicted octanol–water partition coefficient (Wildman–Crippen LogP) is 1.99. The van der Waals surface area contributed by atoms with E-state index in [2.05, 4.69) is 0 Å². The molecular formula is C13H17F2NO2. The Labute approximate surface area is 105 Å². The second-order valence-electron chi connectivity index (χ2n) is 4.57. The van der Waals surface area contributed by atoms with Gasteiger partial charge in [-0.05, 0) is 18.9 Å². The molecule has 1 heterocycles. The van der Waals surface area contributed by atoms with Gasteiger partial charge in [-0.15, -0.1) is 0 Å². The summed E-state index contributed by atoms with van der Waals surface area (Å²) < 4.78 is 37.3. The van der Waals surface area contributed by atoms with Gasteiger partial charge in [0.15, 0.2) is 0 Å². The van der Waals surface area contributed by atoms with E-state index in [1.165, 1.54) is 12.1 Å². The first kappa shape index (κ1) is 13.4. The summed E-state index contributed by atoms with van der Waals surface area (Å²) >= 11 is 0. The summed E-state index contributed by atoms with van der Waals surface area (Å²) in [5, 5.41) is 0. The van der Waals surface area contributed by atoms with Gasteiger partial charge in [0.2, 0.25) is 0 Å². The molecule has 0 spiro atoms. The first-order valence-corrected chi connectivity index (χ1v) is 6.01. The Morgan fingerprint density at radius 1 is 1.39 bits per heavy atom. The van der Waals surface area contributed by atoms with E-state index in [0.29, 0.717) is 25.3 Å². The molecular weight excluding hydrogens is 240 g/mol. The van der Waals surface area contributed by atoms with Crippen molar-refractivity contribution in [2.24, 2.45) is 5.73 Å². The quantitative estimate of drug-likeness (QED) is 0.897. The Bertz CT molecular complexity index is 406. The maximum absolute atomic E-state index is 13.5. The van der Waals surface area contributed by atoms with E-state index in [0.717, 1.165) is 18.9 Å². The van der Waals surface area contributed by atoms with Gasteiger partial charge in [-0.3, -0.25) is 0 Å². The van der Waals surface area contributed by atoms with Gasteiger partial charge in [0.05, 0.1) is 13.2 Å². The largest absolute Gasteiger partial charge is 0.378 e. The number of hydrogen-bond acceptors (Lipinski definition) is 3. The molecule has 1 fully saturated rings. The Morgan fingerprint density at radius 3 is 2.83 bits per heavy atom. The lowest BCUT2D eigenvalue weighted by atomic mass is 9.96. The third kappa shape index (κ3) is 3.04. The Morgan fingerprint density at radius 2 is 2.22 bits per heavy atom. The molecule has 0 radical (unpaired) electrons. The summed E-state index contributed by atoms with van der Waals surface area (Å²) in [5.74, 6) is -1.19. The number of benzene rings is 1. The van der Waals surface area contributed by atoms with Crippen LogP contribution < -0.4 is 5.73 Å². The molecule has 1 atom stereocenters. The van der Waals surface area contributed by atoms with E-state index in [-0.39, 0.29) is 6.61 Å². The van der Waals surface area contributed by atoms with Crippen molar-refractivity contribution >= 4 is 0 Å². The van der Waals surface area contributed by atoms with Crippen molar-refractivity contribution in [3.05, 3.63) is 35.4 Å². The molecule has 1 aliphatic heterocycles.